The van der Waals surface area contributed by atoms with Gasteiger partial charge in [0.2, 0.25) is 0 Å². The summed E-state index contributed by atoms with van der Waals surface area (Å²) < 4.78 is 1.47. The second kappa shape index (κ2) is 5.08. The number of hydrogen-bond donors (Lipinski definition) is 1. The van der Waals surface area contributed by atoms with E-state index < -0.39 is 0 Å². The summed E-state index contributed by atoms with van der Waals surface area (Å²) in [5, 5.41) is 2.66. The van der Waals surface area contributed by atoms with Crippen LogP contribution in [-0.2, 0) is 6.54 Å². The predicted molar refractivity (Wildman–Crippen MR) is 88.7 cm³/mol. The van der Waals surface area contributed by atoms with Crippen molar-refractivity contribution in [2.75, 3.05) is 0 Å². The Labute approximate surface area is 128 Å². The van der Waals surface area contributed by atoms with E-state index in [-0.39, 0.29) is 17.1 Å². The third-order valence-electron chi connectivity index (χ3n) is 2.95. The second-order valence-electron chi connectivity index (χ2n) is 4.33. The van der Waals surface area contributed by atoms with Gasteiger partial charge in [-0.1, -0.05) is 18.3 Å². The lowest BCUT2D eigenvalue weighted by Crippen LogP contribution is -2.27. The fourth-order valence-electron chi connectivity index (χ4n) is 2.14. The first-order valence-corrected chi connectivity index (χ1v) is 7.99. The van der Waals surface area contributed by atoms with Crippen molar-refractivity contribution in [3.8, 4) is 10.4 Å². The van der Waals surface area contributed by atoms with Gasteiger partial charge in [0.1, 0.15) is 4.83 Å². The summed E-state index contributed by atoms with van der Waals surface area (Å²) in [6, 6.07) is 4.00. The van der Waals surface area contributed by atoms with Crippen molar-refractivity contribution in [3.63, 3.8) is 0 Å². The molecular weight excluding hydrogens is 310 g/mol. The van der Waals surface area contributed by atoms with Crippen LogP contribution in [0.15, 0.2) is 28.6 Å². The molecule has 0 saturated heterocycles. The maximum Gasteiger partial charge on any atom is 0.263 e. The molecule has 0 atom stereocenters. The predicted octanol–water partition coefficient (Wildman–Crippen LogP) is 2.78. The standard InChI is InChI=1S/C13H11N3OS3/c1-7-10(8-3-2-4-19-8)11-12(20-7)15-6-16(13(11)17)5-9(14)18/h2-4,6H,5H2,1H3,(H2,14,18). The van der Waals surface area contributed by atoms with Crippen LogP contribution in [-0.4, -0.2) is 14.5 Å². The van der Waals surface area contributed by atoms with Gasteiger partial charge in [0.05, 0.1) is 23.2 Å². The van der Waals surface area contributed by atoms with Crippen molar-refractivity contribution >= 4 is 50.1 Å². The maximum atomic E-state index is 12.6. The molecule has 3 rings (SSSR count). The summed E-state index contributed by atoms with van der Waals surface area (Å²) in [5.74, 6) is 0. The molecule has 102 valence electrons. The highest BCUT2D eigenvalue weighted by Crippen LogP contribution is 2.37. The Hall–Kier alpha value is -1.57. The van der Waals surface area contributed by atoms with E-state index in [0.717, 1.165) is 20.1 Å². The zero-order valence-electron chi connectivity index (χ0n) is 10.6. The highest BCUT2D eigenvalue weighted by atomic mass is 32.1. The van der Waals surface area contributed by atoms with E-state index in [1.165, 1.54) is 22.2 Å². The van der Waals surface area contributed by atoms with Crippen molar-refractivity contribution in [3.05, 3.63) is 39.1 Å². The van der Waals surface area contributed by atoms with Crippen molar-refractivity contribution in [2.45, 2.75) is 13.5 Å². The lowest BCUT2D eigenvalue weighted by Gasteiger charge is -2.04. The molecule has 0 aromatic carbocycles. The van der Waals surface area contributed by atoms with Crippen LogP contribution in [0, 0.1) is 6.92 Å². The Kier molecular flexibility index (Phi) is 3.41. The van der Waals surface area contributed by atoms with Gasteiger partial charge in [-0.25, -0.2) is 4.98 Å². The maximum absolute atomic E-state index is 12.6. The Bertz CT molecular complexity index is 846. The molecule has 2 N–H and O–H groups in total. The highest BCUT2D eigenvalue weighted by Gasteiger charge is 2.17. The van der Waals surface area contributed by atoms with Gasteiger partial charge in [-0.3, -0.25) is 9.36 Å². The van der Waals surface area contributed by atoms with Gasteiger partial charge >= 0.3 is 0 Å². The van der Waals surface area contributed by atoms with E-state index in [2.05, 4.69) is 4.98 Å². The van der Waals surface area contributed by atoms with Crippen molar-refractivity contribution in [1.82, 2.24) is 9.55 Å². The van der Waals surface area contributed by atoms with E-state index in [1.54, 1.807) is 11.3 Å². The Morgan fingerprint density at radius 1 is 1.55 bits per heavy atom. The fourth-order valence-corrected chi connectivity index (χ4v) is 4.17. The highest BCUT2D eigenvalue weighted by molar-refractivity contribution is 7.80. The molecule has 3 heterocycles. The van der Waals surface area contributed by atoms with Crippen molar-refractivity contribution in [2.24, 2.45) is 5.73 Å². The average molecular weight is 321 g/mol. The molecule has 0 bridgehead atoms. The number of rotatable bonds is 3. The molecule has 3 aromatic heterocycles. The smallest absolute Gasteiger partial charge is 0.263 e. The summed E-state index contributed by atoms with van der Waals surface area (Å²) in [7, 11) is 0. The second-order valence-corrected chi connectivity index (χ2v) is 7.01. The molecule has 0 aliphatic rings. The topological polar surface area (TPSA) is 60.9 Å². The van der Waals surface area contributed by atoms with Crippen LogP contribution in [0.5, 0.6) is 0 Å². The lowest BCUT2D eigenvalue weighted by atomic mass is 10.1. The van der Waals surface area contributed by atoms with Gasteiger partial charge in [-0.05, 0) is 18.4 Å². The molecule has 0 aliphatic heterocycles. The minimum Gasteiger partial charge on any atom is -0.392 e. The zero-order valence-corrected chi connectivity index (χ0v) is 13.1. The minimum atomic E-state index is -0.0875. The molecule has 0 saturated carbocycles. The number of thiocarbonyl (C=S) groups is 1. The van der Waals surface area contributed by atoms with Gasteiger partial charge in [0.25, 0.3) is 5.56 Å². The quantitative estimate of drug-likeness (QED) is 0.754. The summed E-state index contributed by atoms with van der Waals surface area (Å²) in [5.41, 5.74) is 6.42. The summed E-state index contributed by atoms with van der Waals surface area (Å²) >= 11 is 8.03. The van der Waals surface area contributed by atoms with Crippen LogP contribution >= 0.6 is 34.9 Å². The first-order chi connectivity index (χ1) is 9.58. The Balaban J connectivity index is 2.33. The Morgan fingerprint density at radius 3 is 3.00 bits per heavy atom. The number of thiophene rings is 2. The number of nitrogens with two attached hydrogens (primary N) is 1. The molecule has 0 aliphatic carbocycles. The number of aromatic nitrogens is 2. The summed E-state index contributed by atoms with van der Waals surface area (Å²) in [6.07, 6.45) is 1.51. The molecule has 20 heavy (non-hydrogen) atoms. The van der Waals surface area contributed by atoms with Crippen LogP contribution in [0.25, 0.3) is 20.7 Å². The number of hydrogen-bond acceptors (Lipinski definition) is 5. The van der Waals surface area contributed by atoms with Crippen molar-refractivity contribution in [1.29, 1.82) is 0 Å². The SMILES string of the molecule is Cc1sc2ncn(CC(N)=S)c(=O)c2c1-c1cccs1. The number of aryl methyl sites for hydroxylation is 1. The van der Waals surface area contributed by atoms with Crippen LogP contribution < -0.4 is 11.3 Å². The first-order valence-electron chi connectivity index (χ1n) is 5.88. The molecule has 0 fully saturated rings. The van der Waals surface area contributed by atoms with Gasteiger partial charge in [0, 0.05) is 15.3 Å². The normalized spacial score (nSPS) is 11.1. The number of nitrogens with zero attached hydrogens (tertiary/aromatic N) is 2. The van der Waals surface area contributed by atoms with Crippen LogP contribution in [0.4, 0.5) is 0 Å². The molecule has 7 heteroatoms. The average Bonchev–Trinajstić information content (AvgIpc) is 2.99. The monoisotopic (exact) mass is 321 g/mol. The number of fused-ring (bicyclic) bond motifs is 1. The molecule has 0 amide bonds. The largest absolute Gasteiger partial charge is 0.392 e. The fraction of sp³-hybridized carbons (Fsp3) is 0.154. The third kappa shape index (κ3) is 2.17. The molecule has 3 aromatic rings. The van der Waals surface area contributed by atoms with E-state index in [1.807, 2.05) is 24.4 Å². The first kappa shape index (κ1) is 13.4. The van der Waals surface area contributed by atoms with E-state index in [0.29, 0.717) is 5.39 Å². The molecule has 0 radical (unpaired) electrons. The molecular formula is C13H11N3OS3. The third-order valence-corrected chi connectivity index (χ3v) is 4.98. The van der Waals surface area contributed by atoms with Crippen molar-refractivity contribution < 1.29 is 0 Å². The van der Waals surface area contributed by atoms with Gasteiger partial charge in [-0.2, -0.15) is 0 Å². The van der Waals surface area contributed by atoms with Crippen LogP contribution in [0.2, 0.25) is 0 Å². The minimum absolute atomic E-state index is 0.0875. The van der Waals surface area contributed by atoms with Gasteiger partial charge in [-0.15, -0.1) is 22.7 Å². The van der Waals surface area contributed by atoms with E-state index in [4.69, 9.17) is 18.0 Å². The molecule has 0 spiro atoms. The summed E-state index contributed by atoms with van der Waals surface area (Å²) in [6.45, 7) is 2.23. The zero-order chi connectivity index (χ0) is 14.3. The van der Waals surface area contributed by atoms with Crippen LogP contribution in [0.1, 0.15) is 4.88 Å². The lowest BCUT2D eigenvalue weighted by molar-refractivity contribution is 0.796. The van der Waals surface area contributed by atoms with E-state index in [9.17, 15) is 4.79 Å². The van der Waals surface area contributed by atoms with Gasteiger partial charge < -0.3 is 5.73 Å². The van der Waals surface area contributed by atoms with Gasteiger partial charge in [0.15, 0.2) is 0 Å². The Morgan fingerprint density at radius 2 is 2.35 bits per heavy atom. The van der Waals surface area contributed by atoms with E-state index >= 15 is 0 Å². The summed E-state index contributed by atoms with van der Waals surface area (Å²) in [4.78, 5) is 20.2. The molecule has 4 nitrogen and oxygen atoms in total. The van der Waals surface area contributed by atoms with Crippen LogP contribution in [0.3, 0.4) is 0 Å². The molecule has 0 unspecified atom stereocenters.